The van der Waals surface area contributed by atoms with Crippen LogP contribution in [0, 0.1) is 0 Å². The van der Waals surface area contributed by atoms with Crippen LogP contribution in [0.25, 0.3) is 0 Å². The van der Waals surface area contributed by atoms with E-state index >= 15 is 0 Å². The molecule has 46 heavy (non-hydrogen) atoms. The molecular formula is C31H31F6N3O6. The first-order valence-corrected chi connectivity index (χ1v) is 14.0. The molecule has 0 saturated heterocycles. The predicted molar refractivity (Wildman–Crippen MR) is 152 cm³/mol. The molecule has 2 atom stereocenters. The van der Waals surface area contributed by atoms with Crippen molar-refractivity contribution < 1.29 is 54.9 Å². The van der Waals surface area contributed by atoms with Crippen LogP contribution in [-0.2, 0) is 35.0 Å². The molecule has 0 unspecified atom stereocenters. The van der Waals surface area contributed by atoms with Crippen LogP contribution >= 0.6 is 0 Å². The van der Waals surface area contributed by atoms with Gasteiger partial charge in [-0.1, -0.05) is 0 Å². The van der Waals surface area contributed by atoms with Gasteiger partial charge in [0.1, 0.15) is 6.61 Å². The third-order valence-electron chi connectivity index (χ3n) is 7.33. The highest BCUT2D eigenvalue weighted by Crippen LogP contribution is 2.47. The lowest BCUT2D eigenvalue weighted by atomic mass is 9.90. The Bertz CT molecular complexity index is 1520. The van der Waals surface area contributed by atoms with Crippen molar-refractivity contribution in [2.75, 3.05) is 25.7 Å². The summed E-state index contributed by atoms with van der Waals surface area (Å²) in [7, 11) is 2.40. The van der Waals surface area contributed by atoms with Crippen molar-refractivity contribution in [1.29, 1.82) is 0 Å². The Hall–Kier alpha value is -4.69. The maximum atomic E-state index is 13.6. The van der Waals surface area contributed by atoms with Crippen molar-refractivity contribution in [3.63, 3.8) is 0 Å². The molecule has 0 bridgehead atoms. The van der Waals surface area contributed by atoms with E-state index in [0.717, 1.165) is 17.6 Å². The molecule has 0 spiro atoms. The first kappa shape index (κ1) is 34.2. The number of amides is 2. The first-order valence-electron chi connectivity index (χ1n) is 14.0. The fourth-order valence-electron chi connectivity index (χ4n) is 5.24. The number of hydrogen-bond acceptors (Lipinski definition) is 7. The lowest BCUT2D eigenvalue weighted by Gasteiger charge is -2.42. The van der Waals surface area contributed by atoms with Gasteiger partial charge >= 0.3 is 24.5 Å². The number of methoxy groups -OCH3 is 2. The van der Waals surface area contributed by atoms with Crippen LogP contribution in [0.1, 0.15) is 54.1 Å². The number of anilines is 1. The number of fused-ring (bicyclic) bond motifs is 1. The standard InChI is InChI=1S/C31H31F6N3O6/c1-5-45-29(42)40-18(2)10-24(23-14-26(43-3)27(15-25(23)40)46-17-19-6-8-38-9-7-19)39(28(41)44-4)16-20-11-21(30(32,33)34)13-22(12-20)31(35,36)37/h6-9,11-15,18,24H,5,10,16-17H2,1-4H3/t18-,24+/m0/s1. The van der Waals surface area contributed by atoms with E-state index in [-0.39, 0.29) is 42.9 Å². The summed E-state index contributed by atoms with van der Waals surface area (Å²) in [5.41, 5.74) is -2.16. The molecule has 1 aromatic heterocycles. The van der Waals surface area contributed by atoms with Gasteiger partial charge in [-0.3, -0.25) is 14.8 Å². The molecule has 1 aliphatic rings. The van der Waals surface area contributed by atoms with E-state index in [9.17, 15) is 35.9 Å². The number of nitrogens with zero attached hydrogens (tertiary/aromatic N) is 3. The zero-order valence-electron chi connectivity index (χ0n) is 25.2. The maximum Gasteiger partial charge on any atom is 0.416 e. The van der Waals surface area contributed by atoms with Crippen molar-refractivity contribution in [2.24, 2.45) is 0 Å². The fraction of sp³-hybridized carbons (Fsp3) is 0.387. The van der Waals surface area contributed by atoms with Crippen molar-refractivity contribution >= 4 is 17.9 Å². The number of hydrogen-bond donors (Lipinski definition) is 0. The Kier molecular flexibility index (Phi) is 10.2. The predicted octanol–water partition coefficient (Wildman–Crippen LogP) is 7.77. The second-order valence-corrected chi connectivity index (χ2v) is 10.4. The SMILES string of the molecule is CCOC(=O)N1c2cc(OCc3ccncc3)c(OC)cc2[C@H](N(Cc2cc(C(F)(F)F)cc(C(F)(F)F)c2)C(=O)OC)C[C@@H]1C. The van der Waals surface area contributed by atoms with E-state index in [0.29, 0.717) is 17.7 Å². The van der Waals surface area contributed by atoms with Gasteiger partial charge in [0, 0.05) is 36.6 Å². The lowest BCUT2D eigenvalue weighted by molar-refractivity contribution is -0.143. The average molecular weight is 656 g/mol. The largest absolute Gasteiger partial charge is 0.493 e. The summed E-state index contributed by atoms with van der Waals surface area (Å²) in [4.78, 5) is 32.7. The van der Waals surface area contributed by atoms with Crippen LogP contribution < -0.4 is 14.4 Å². The summed E-state index contributed by atoms with van der Waals surface area (Å²) in [6.45, 7) is 2.75. The summed E-state index contributed by atoms with van der Waals surface area (Å²) >= 11 is 0. The van der Waals surface area contributed by atoms with Crippen molar-refractivity contribution in [2.45, 2.75) is 57.9 Å². The number of carbonyl (C=O) groups is 2. The summed E-state index contributed by atoms with van der Waals surface area (Å²) in [6, 6.07) is 5.96. The zero-order chi connectivity index (χ0) is 33.8. The minimum absolute atomic E-state index is 0.0134. The third-order valence-corrected chi connectivity index (χ3v) is 7.33. The fourth-order valence-corrected chi connectivity index (χ4v) is 5.24. The number of carbonyl (C=O) groups excluding carboxylic acids is 2. The Morgan fingerprint density at radius 3 is 2.11 bits per heavy atom. The van der Waals surface area contributed by atoms with Gasteiger partial charge in [-0.25, -0.2) is 9.59 Å². The van der Waals surface area contributed by atoms with Gasteiger partial charge in [-0.05, 0) is 67.8 Å². The Balaban J connectivity index is 1.84. The highest BCUT2D eigenvalue weighted by atomic mass is 19.4. The molecule has 9 nitrogen and oxygen atoms in total. The molecule has 0 radical (unpaired) electrons. The van der Waals surface area contributed by atoms with E-state index in [2.05, 4.69) is 4.98 Å². The van der Waals surface area contributed by atoms with Crippen LogP contribution in [0.3, 0.4) is 0 Å². The second-order valence-electron chi connectivity index (χ2n) is 10.4. The summed E-state index contributed by atoms with van der Waals surface area (Å²) in [6.07, 6.45) is -8.71. The number of benzene rings is 2. The smallest absolute Gasteiger partial charge is 0.416 e. The van der Waals surface area contributed by atoms with Gasteiger partial charge in [-0.15, -0.1) is 0 Å². The quantitative estimate of drug-likeness (QED) is 0.229. The topological polar surface area (TPSA) is 90.4 Å². The van der Waals surface area contributed by atoms with Crippen molar-refractivity contribution in [3.8, 4) is 11.5 Å². The summed E-state index contributed by atoms with van der Waals surface area (Å²) < 4.78 is 104. The minimum atomic E-state index is -5.09. The van der Waals surface area contributed by atoms with Crippen LogP contribution in [0.15, 0.2) is 54.9 Å². The average Bonchev–Trinajstić information content (AvgIpc) is 3.01. The van der Waals surface area contributed by atoms with Crippen LogP contribution in [-0.4, -0.2) is 48.9 Å². The molecule has 4 rings (SSSR count). The van der Waals surface area contributed by atoms with Crippen LogP contribution in [0.4, 0.5) is 41.6 Å². The molecule has 1 aliphatic heterocycles. The van der Waals surface area contributed by atoms with Crippen molar-refractivity contribution in [1.82, 2.24) is 9.88 Å². The number of aromatic nitrogens is 1. The van der Waals surface area contributed by atoms with Crippen molar-refractivity contribution in [3.05, 3.63) is 82.7 Å². The molecule has 2 heterocycles. The first-order chi connectivity index (χ1) is 21.7. The van der Waals surface area contributed by atoms with E-state index in [4.69, 9.17) is 18.9 Å². The highest BCUT2D eigenvalue weighted by molar-refractivity contribution is 5.91. The van der Waals surface area contributed by atoms with Crippen LogP contribution in [0.5, 0.6) is 11.5 Å². The molecule has 0 N–H and O–H groups in total. The number of alkyl halides is 6. The van der Waals surface area contributed by atoms with Gasteiger partial charge in [0.25, 0.3) is 0 Å². The van der Waals surface area contributed by atoms with E-state index in [1.165, 1.54) is 24.1 Å². The Morgan fingerprint density at radius 1 is 0.935 bits per heavy atom. The van der Waals surface area contributed by atoms with Gasteiger partial charge in [0.15, 0.2) is 11.5 Å². The maximum absolute atomic E-state index is 13.6. The Morgan fingerprint density at radius 2 is 1.57 bits per heavy atom. The van der Waals surface area contributed by atoms with Gasteiger partial charge in [0.05, 0.1) is 43.7 Å². The second kappa shape index (κ2) is 13.7. The molecule has 248 valence electrons. The van der Waals surface area contributed by atoms with Gasteiger partial charge in [-0.2, -0.15) is 26.3 Å². The molecule has 2 amide bonds. The molecule has 15 heteroatoms. The number of rotatable bonds is 8. The monoisotopic (exact) mass is 655 g/mol. The number of ether oxygens (including phenoxy) is 4. The zero-order valence-corrected chi connectivity index (χ0v) is 25.2. The highest BCUT2D eigenvalue weighted by Gasteiger charge is 2.42. The van der Waals surface area contributed by atoms with E-state index in [1.807, 2.05) is 0 Å². The number of pyridine rings is 1. The van der Waals surface area contributed by atoms with Crippen LogP contribution in [0.2, 0.25) is 0 Å². The minimum Gasteiger partial charge on any atom is -0.493 e. The van der Waals surface area contributed by atoms with E-state index in [1.54, 1.807) is 38.4 Å². The lowest BCUT2D eigenvalue weighted by Crippen LogP contribution is -2.47. The molecule has 3 aromatic rings. The molecule has 0 saturated carbocycles. The molecule has 0 fully saturated rings. The van der Waals surface area contributed by atoms with E-state index < -0.39 is 59.9 Å². The Labute approximate surface area is 260 Å². The summed E-state index contributed by atoms with van der Waals surface area (Å²) in [5.74, 6) is 0.414. The molecule has 0 aliphatic carbocycles. The van der Waals surface area contributed by atoms with Gasteiger partial charge < -0.3 is 18.9 Å². The third kappa shape index (κ3) is 7.57. The molecular weight excluding hydrogens is 624 g/mol. The normalized spacial score (nSPS) is 16.3. The van der Waals surface area contributed by atoms with Gasteiger partial charge in [0.2, 0.25) is 0 Å². The number of halogens is 6. The molecule has 2 aromatic carbocycles. The summed E-state index contributed by atoms with van der Waals surface area (Å²) in [5, 5.41) is 0.